The van der Waals surface area contributed by atoms with Gasteiger partial charge in [-0.2, -0.15) is 5.26 Å². The van der Waals surface area contributed by atoms with E-state index in [-0.39, 0.29) is 11.5 Å². The number of carbonyl (C=O) groups is 2. The van der Waals surface area contributed by atoms with Gasteiger partial charge in [0.25, 0.3) is 5.91 Å². The molecule has 29 heavy (non-hydrogen) atoms. The van der Waals surface area contributed by atoms with E-state index in [0.29, 0.717) is 11.4 Å². The van der Waals surface area contributed by atoms with Crippen molar-refractivity contribution < 1.29 is 9.59 Å². The van der Waals surface area contributed by atoms with Gasteiger partial charge in [0.05, 0.1) is 0 Å². The fourth-order valence-electron chi connectivity index (χ4n) is 3.29. The van der Waals surface area contributed by atoms with Crippen LogP contribution in [0.3, 0.4) is 0 Å². The Hall–Kier alpha value is -3.59. The van der Waals surface area contributed by atoms with Gasteiger partial charge in [-0.15, -0.1) is 0 Å². The van der Waals surface area contributed by atoms with Gasteiger partial charge in [0.2, 0.25) is 5.91 Å². The van der Waals surface area contributed by atoms with E-state index in [2.05, 4.69) is 15.5 Å². The number of nitrogens with one attached hydrogen (secondary N) is 2. The first-order valence-electron chi connectivity index (χ1n) is 9.71. The summed E-state index contributed by atoms with van der Waals surface area (Å²) in [6, 6.07) is 16.6. The van der Waals surface area contributed by atoms with Crippen LogP contribution in [0.15, 0.2) is 54.1 Å². The lowest BCUT2D eigenvalue weighted by atomic mass is 10.1. The number of carbonyl (C=O) groups excluding carboxylic acids is 2. The molecule has 1 saturated heterocycles. The van der Waals surface area contributed by atoms with E-state index >= 15 is 0 Å². The van der Waals surface area contributed by atoms with E-state index in [4.69, 9.17) is 0 Å². The van der Waals surface area contributed by atoms with Crippen LogP contribution in [0.1, 0.15) is 31.7 Å². The summed E-state index contributed by atoms with van der Waals surface area (Å²) in [5, 5.41) is 14.8. The molecular formula is C23H24N4O2. The summed E-state index contributed by atoms with van der Waals surface area (Å²) in [6.45, 7) is 3.57. The molecule has 1 fully saturated rings. The molecule has 0 aromatic heterocycles. The number of benzene rings is 2. The number of hydrogen-bond acceptors (Lipinski definition) is 4. The van der Waals surface area contributed by atoms with Crippen molar-refractivity contribution >= 4 is 35.0 Å². The van der Waals surface area contributed by atoms with Gasteiger partial charge in [-0.25, -0.2) is 0 Å². The van der Waals surface area contributed by atoms with Crippen LogP contribution in [0.25, 0.3) is 6.08 Å². The summed E-state index contributed by atoms with van der Waals surface area (Å²) in [6.07, 6.45) is 5.30. The third-order valence-electron chi connectivity index (χ3n) is 4.75. The Bertz CT molecular complexity index is 934. The second-order valence-electron chi connectivity index (χ2n) is 7.02. The van der Waals surface area contributed by atoms with Crippen molar-refractivity contribution in [1.29, 1.82) is 5.26 Å². The van der Waals surface area contributed by atoms with Gasteiger partial charge in [0, 0.05) is 37.1 Å². The first-order valence-corrected chi connectivity index (χ1v) is 9.71. The van der Waals surface area contributed by atoms with Crippen LogP contribution >= 0.6 is 0 Å². The number of rotatable bonds is 5. The maximum absolute atomic E-state index is 12.4. The second kappa shape index (κ2) is 9.56. The molecule has 6 heteroatoms. The van der Waals surface area contributed by atoms with Gasteiger partial charge < -0.3 is 15.5 Å². The van der Waals surface area contributed by atoms with E-state index in [0.717, 1.165) is 18.7 Å². The Morgan fingerprint density at radius 3 is 2.07 bits per heavy atom. The molecule has 2 N–H and O–H groups in total. The lowest BCUT2D eigenvalue weighted by Gasteiger charge is -2.28. The molecule has 0 spiro atoms. The lowest BCUT2D eigenvalue weighted by Crippen LogP contribution is -2.29. The highest BCUT2D eigenvalue weighted by atomic mass is 16.2. The third-order valence-corrected chi connectivity index (χ3v) is 4.75. The molecule has 0 radical (unpaired) electrons. The van der Waals surface area contributed by atoms with Gasteiger partial charge >= 0.3 is 0 Å². The van der Waals surface area contributed by atoms with Crippen molar-refractivity contribution in [1.82, 2.24) is 0 Å². The number of nitriles is 1. The zero-order valence-electron chi connectivity index (χ0n) is 16.4. The molecule has 0 atom stereocenters. The summed E-state index contributed by atoms with van der Waals surface area (Å²) in [4.78, 5) is 25.9. The second-order valence-corrected chi connectivity index (χ2v) is 7.02. The Balaban J connectivity index is 1.66. The highest BCUT2D eigenvalue weighted by molar-refractivity contribution is 6.09. The van der Waals surface area contributed by atoms with Crippen molar-refractivity contribution in [2.24, 2.45) is 0 Å². The predicted molar refractivity (Wildman–Crippen MR) is 115 cm³/mol. The SMILES string of the molecule is CC(=O)Nc1ccc(NC(=O)/C(C#N)=C/c2ccc(N3CCCCC3)cc2)cc1. The first-order chi connectivity index (χ1) is 14.0. The smallest absolute Gasteiger partial charge is 0.266 e. The van der Waals surface area contributed by atoms with E-state index in [1.165, 1.54) is 31.9 Å². The molecule has 0 bridgehead atoms. The quantitative estimate of drug-likeness (QED) is 0.594. The molecule has 6 nitrogen and oxygen atoms in total. The number of nitrogens with zero attached hydrogens (tertiary/aromatic N) is 2. The average Bonchev–Trinajstić information content (AvgIpc) is 2.74. The first kappa shape index (κ1) is 20.2. The fraction of sp³-hybridized carbons (Fsp3) is 0.261. The minimum Gasteiger partial charge on any atom is -0.372 e. The van der Waals surface area contributed by atoms with Crippen LogP contribution in [0.2, 0.25) is 0 Å². The van der Waals surface area contributed by atoms with E-state index in [1.807, 2.05) is 30.3 Å². The van der Waals surface area contributed by atoms with Crippen molar-refractivity contribution in [2.45, 2.75) is 26.2 Å². The molecule has 2 amide bonds. The van der Waals surface area contributed by atoms with Crippen molar-refractivity contribution in [3.05, 3.63) is 59.7 Å². The maximum atomic E-state index is 12.4. The Morgan fingerprint density at radius 1 is 0.931 bits per heavy atom. The standard InChI is InChI=1S/C23H24N4O2/c1-17(28)25-20-7-9-21(10-8-20)26-23(29)19(16-24)15-18-5-11-22(12-6-18)27-13-3-2-4-14-27/h5-12,15H,2-4,13-14H2,1H3,(H,25,28)(H,26,29)/b19-15+. The van der Waals surface area contributed by atoms with Crippen LogP contribution in [-0.4, -0.2) is 24.9 Å². The monoisotopic (exact) mass is 388 g/mol. The van der Waals surface area contributed by atoms with E-state index in [9.17, 15) is 14.9 Å². The third kappa shape index (κ3) is 5.69. The Kier molecular flexibility index (Phi) is 6.64. The molecule has 1 heterocycles. The Morgan fingerprint density at radius 2 is 1.52 bits per heavy atom. The summed E-state index contributed by atoms with van der Waals surface area (Å²) >= 11 is 0. The van der Waals surface area contributed by atoms with Crippen molar-refractivity contribution in [2.75, 3.05) is 28.6 Å². The fourth-order valence-corrected chi connectivity index (χ4v) is 3.29. The zero-order chi connectivity index (χ0) is 20.6. The summed E-state index contributed by atoms with van der Waals surface area (Å²) < 4.78 is 0. The van der Waals surface area contributed by atoms with Gasteiger partial charge in [-0.1, -0.05) is 12.1 Å². The molecule has 1 aliphatic rings. The minimum absolute atomic E-state index is 0.0293. The molecule has 2 aromatic rings. The number of hydrogen-bond donors (Lipinski definition) is 2. The molecule has 0 aliphatic carbocycles. The highest BCUT2D eigenvalue weighted by Gasteiger charge is 2.12. The normalized spacial score (nSPS) is 14.1. The van der Waals surface area contributed by atoms with Crippen LogP contribution in [0, 0.1) is 11.3 Å². The number of amides is 2. The highest BCUT2D eigenvalue weighted by Crippen LogP contribution is 2.21. The zero-order valence-corrected chi connectivity index (χ0v) is 16.4. The predicted octanol–water partition coefficient (Wildman–Crippen LogP) is 4.18. The largest absolute Gasteiger partial charge is 0.372 e. The average molecular weight is 388 g/mol. The molecule has 148 valence electrons. The number of piperidine rings is 1. The molecule has 1 aliphatic heterocycles. The van der Waals surface area contributed by atoms with Crippen LogP contribution in [0.5, 0.6) is 0 Å². The molecular weight excluding hydrogens is 364 g/mol. The molecule has 0 saturated carbocycles. The minimum atomic E-state index is -0.472. The van der Waals surface area contributed by atoms with Gasteiger partial charge in [-0.05, 0) is 67.3 Å². The molecule has 0 unspecified atom stereocenters. The topological polar surface area (TPSA) is 85.2 Å². The van der Waals surface area contributed by atoms with E-state index in [1.54, 1.807) is 30.3 Å². The maximum Gasteiger partial charge on any atom is 0.266 e. The molecule has 2 aromatic carbocycles. The van der Waals surface area contributed by atoms with E-state index < -0.39 is 5.91 Å². The van der Waals surface area contributed by atoms with Crippen LogP contribution in [-0.2, 0) is 9.59 Å². The molecule has 3 rings (SSSR count). The van der Waals surface area contributed by atoms with Gasteiger partial charge in [-0.3, -0.25) is 9.59 Å². The summed E-state index contributed by atoms with van der Waals surface area (Å²) in [5.41, 5.74) is 3.19. The Labute approximate surface area is 170 Å². The van der Waals surface area contributed by atoms with Gasteiger partial charge in [0.15, 0.2) is 0 Å². The van der Waals surface area contributed by atoms with Gasteiger partial charge in [0.1, 0.15) is 11.6 Å². The van der Waals surface area contributed by atoms with Crippen molar-refractivity contribution in [3.63, 3.8) is 0 Å². The number of anilines is 3. The lowest BCUT2D eigenvalue weighted by molar-refractivity contribution is -0.114. The van der Waals surface area contributed by atoms with Crippen LogP contribution < -0.4 is 15.5 Å². The summed E-state index contributed by atoms with van der Waals surface area (Å²) in [5.74, 6) is -0.636. The van der Waals surface area contributed by atoms with Crippen molar-refractivity contribution in [3.8, 4) is 6.07 Å². The van der Waals surface area contributed by atoms with Crippen LogP contribution in [0.4, 0.5) is 17.1 Å². The summed E-state index contributed by atoms with van der Waals surface area (Å²) in [7, 11) is 0.